The maximum Gasteiger partial charge on any atom is 0.274 e. The molecule has 7 heteroatoms. The van der Waals surface area contributed by atoms with Crippen molar-refractivity contribution in [2.24, 2.45) is 5.73 Å². The molecule has 1 heterocycles. The monoisotopic (exact) mass is 369 g/mol. The molecule has 27 heavy (non-hydrogen) atoms. The normalized spacial score (nSPS) is 17.0. The van der Waals surface area contributed by atoms with Gasteiger partial charge < -0.3 is 10.5 Å². The molecule has 0 saturated carbocycles. The topological polar surface area (TPSA) is 98.7 Å². The number of ether oxygens (including phenoxy) is 1. The summed E-state index contributed by atoms with van der Waals surface area (Å²) in [7, 11) is 0. The number of nitrogens with two attached hydrogens (primary N) is 1. The fourth-order valence-electron chi connectivity index (χ4n) is 3.59. The summed E-state index contributed by atoms with van der Waals surface area (Å²) in [4.78, 5) is 24.5. The second kappa shape index (κ2) is 8.18. The molecule has 0 spiro atoms. The maximum atomic E-state index is 11.4. The fourth-order valence-corrected chi connectivity index (χ4v) is 3.59. The minimum atomic E-state index is -0.668. The molecule has 1 saturated heterocycles. The third kappa shape index (κ3) is 4.25. The van der Waals surface area contributed by atoms with Gasteiger partial charge in [0.25, 0.3) is 5.69 Å². The van der Waals surface area contributed by atoms with Crippen LogP contribution in [0.4, 0.5) is 5.69 Å². The lowest BCUT2D eigenvalue weighted by Gasteiger charge is -2.25. The number of likely N-dealkylation sites (tertiary alicyclic amines) is 1. The molecule has 0 aromatic heterocycles. The highest BCUT2D eigenvalue weighted by Crippen LogP contribution is 2.35. The van der Waals surface area contributed by atoms with E-state index in [2.05, 4.69) is 17.0 Å². The number of carbonyl (C=O) groups is 1. The Bertz CT molecular complexity index is 836. The van der Waals surface area contributed by atoms with Crippen molar-refractivity contribution < 1.29 is 14.5 Å². The van der Waals surface area contributed by atoms with Crippen LogP contribution in [0.15, 0.2) is 42.5 Å². The van der Waals surface area contributed by atoms with Gasteiger partial charge in [-0.15, -0.1) is 0 Å². The van der Waals surface area contributed by atoms with Gasteiger partial charge in [0.2, 0.25) is 5.91 Å². The predicted molar refractivity (Wildman–Crippen MR) is 102 cm³/mol. The largest absolute Gasteiger partial charge is 0.494 e. The number of rotatable bonds is 7. The van der Waals surface area contributed by atoms with Crippen molar-refractivity contribution in [3.63, 3.8) is 0 Å². The molecule has 0 bridgehead atoms. The standard InChI is InChI=1S/C20H23N3O4/c1-2-27-17-9-7-14(8-10-17)18-4-3-11-22(18)13-16-6-5-15(20(21)24)12-19(16)23(25)26/h5-10,12,18H,2-4,11,13H2,1H3,(H2,21,24)/t18-/m1/s1. The molecule has 2 aromatic carbocycles. The molecular weight excluding hydrogens is 346 g/mol. The molecule has 142 valence electrons. The van der Waals surface area contributed by atoms with Crippen molar-refractivity contribution in [1.82, 2.24) is 4.90 Å². The summed E-state index contributed by atoms with van der Waals surface area (Å²) in [6, 6.07) is 12.7. The SMILES string of the molecule is CCOc1ccc([C@H]2CCCN2Cc2ccc(C(N)=O)cc2[N+](=O)[O-])cc1. The van der Waals surface area contributed by atoms with Crippen LogP contribution in [0.2, 0.25) is 0 Å². The van der Waals surface area contributed by atoms with Crippen molar-refractivity contribution in [2.75, 3.05) is 13.2 Å². The Morgan fingerprint density at radius 1 is 1.30 bits per heavy atom. The van der Waals surface area contributed by atoms with Crippen LogP contribution in [-0.2, 0) is 6.54 Å². The lowest BCUT2D eigenvalue weighted by molar-refractivity contribution is -0.385. The summed E-state index contributed by atoms with van der Waals surface area (Å²) in [5.74, 6) is 0.168. The van der Waals surface area contributed by atoms with Crippen LogP contribution in [0.1, 0.15) is 47.3 Å². The van der Waals surface area contributed by atoms with Gasteiger partial charge in [0.05, 0.1) is 11.5 Å². The van der Waals surface area contributed by atoms with Crippen LogP contribution in [0.5, 0.6) is 5.75 Å². The number of nitrogens with zero attached hydrogens (tertiary/aromatic N) is 2. The Labute approximate surface area is 157 Å². The van der Waals surface area contributed by atoms with E-state index in [1.54, 1.807) is 12.1 Å². The van der Waals surface area contributed by atoms with E-state index < -0.39 is 10.8 Å². The van der Waals surface area contributed by atoms with Gasteiger partial charge in [-0.3, -0.25) is 19.8 Å². The zero-order valence-corrected chi connectivity index (χ0v) is 15.3. The van der Waals surface area contributed by atoms with Gasteiger partial charge >= 0.3 is 0 Å². The van der Waals surface area contributed by atoms with Gasteiger partial charge in [-0.1, -0.05) is 18.2 Å². The van der Waals surface area contributed by atoms with Crippen molar-refractivity contribution in [3.8, 4) is 5.75 Å². The molecule has 1 aliphatic heterocycles. The van der Waals surface area contributed by atoms with E-state index >= 15 is 0 Å². The molecule has 3 rings (SSSR count). The Morgan fingerprint density at radius 3 is 2.67 bits per heavy atom. The van der Waals surface area contributed by atoms with Crippen LogP contribution in [0.3, 0.4) is 0 Å². The number of benzene rings is 2. The molecular formula is C20H23N3O4. The van der Waals surface area contributed by atoms with Crippen LogP contribution in [0, 0.1) is 10.1 Å². The quantitative estimate of drug-likeness (QED) is 0.595. The number of hydrogen-bond acceptors (Lipinski definition) is 5. The maximum absolute atomic E-state index is 11.4. The van der Waals surface area contributed by atoms with Crippen molar-refractivity contribution >= 4 is 11.6 Å². The van der Waals surface area contributed by atoms with E-state index in [0.717, 1.165) is 25.1 Å². The number of nitro groups is 1. The van der Waals surface area contributed by atoms with E-state index in [9.17, 15) is 14.9 Å². The lowest BCUT2D eigenvalue weighted by atomic mass is 10.0. The molecule has 2 aromatic rings. The smallest absolute Gasteiger partial charge is 0.274 e. The highest BCUT2D eigenvalue weighted by atomic mass is 16.6. The molecule has 0 radical (unpaired) electrons. The van der Waals surface area contributed by atoms with Gasteiger partial charge in [0, 0.05) is 29.8 Å². The summed E-state index contributed by atoms with van der Waals surface area (Å²) >= 11 is 0. The van der Waals surface area contributed by atoms with Crippen LogP contribution in [0.25, 0.3) is 0 Å². The first kappa shape index (κ1) is 18.8. The van der Waals surface area contributed by atoms with Crippen molar-refractivity contribution in [1.29, 1.82) is 0 Å². The van der Waals surface area contributed by atoms with E-state index in [-0.39, 0.29) is 17.3 Å². The molecule has 2 N–H and O–H groups in total. The molecule has 1 atom stereocenters. The zero-order chi connectivity index (χ0) is 19.4. The van der Waals surface area contributed by atoms with E-state index in [1.165, 1.54) is 11.6 Å². The average molecular weight is 369 g/mol. The molecule has 1 aliphatic rings. The summed E-state index contributed by atoms with van der Waals surface area (Å²) in [5, 5.41) is 11.4. The van der Waals surface area contributed by atoms with Gasteiger partial charge in [-0.25, -0.2) is 0 Å². The molecule has 1 fully saturated rings. The first-order chi connectivity index (χ1) is 13.0. The Morgan fingerprint density at radius 2 is 2.04 bits per heavy atom. The summed E-state index contributed by atoms with van der Waals surface area (Å²) < 4.78 is 5.49. The number of hydrogen-bond donors (Lipinski definition) is 1. The van der Waals surface area contributed by atoms with E-state index in [4.69, 9.17) is 10.5 Å². The summed E-state index contributed by atoms with van der Waals surface area (Å²) in [6.45, 7) is 3.89. The van der Waals surface area contributed by atoms with Crippen LogP contribution >= 0.6 is 0 Å². The fraction of sp³-hybridized carbons (Fsp3) is 0.350. The first-order valence-electron chi connectivity index (χ1n) is 9.03. The number of nitro benzene ring substituents is 1. The number of amides is 1. The highest BCUT2D eigenvalue weighted by Gasteiger charge is 2.28. The van der Waals surface area contributed by atoms with Crippen molar-refractivity contribution in [2.45, 2.75) is 32.4 Å². The Hall–Kier alpha value is -2.93. The number of primary amides is 1. The third-order valence-corrected chi connectivity index (χ3v) is 4.88. The summed E-state index contributed by atoms with van der Waals surface area (Å²) in [5.41, 5.74) is 7.09. The second-order valence-electron chi connectivity index (χ2n) is 6.60. The van der Waals surface area contributed by atoms with E-state index in [0.29, 0.717) is 18.7 Å². The molecule has 0 unspecified atom stereocenters. The predicted octanol–water partition coefficient (Wildman–Crippen LogP) is 3.43. The lowest BCUT2D eigenvalue weighted by Crippen LogP contribution is -2.23. The van der Waals surface area contributed by atoms with Crippen molar-refractivity contribution in [3.05, 3.63) is 69.3 Å². The van der Waals surface area contributed by atoms with Crippen LogP contribution < -0.4 is 10.5 Å². The van der Waals surface area contributed by atoms with Crippen LogP contribution in [-0.4, -0.2) is 28.9 Å². The Kier molecular flexibility index (Phi) is 5.71. The minimum Gasteiger partial charge on any atom is -0.494 e. The van der Waals surface area contributed by atoms with E-state index in [1.807, 2.05) is 19.1 Å². The zero-order valence-electron chi connectivity index (χ0n) is 15.3. The first-order valence-corrected chi connectivity index (χ1v) is 9.03. The minimum absolute atomic E-state index is 0.0661. The summed E-state index contributed by atoms with van der Waals surface area (Å²) in [6.07, 6.45) is 2.03. The van der Waals surface area contributed by atoms with Gasteiger partial charge in [-0.05, 0) is 50.1 Å². The van der Waals surface area contributed by atoms with Gasteiger partial charge in [0.1, 0.15) is 5.75 Å². The molecule has 7 nitrogen and oxygen atoms in total. The van der Waals surface area contributed by atoms with Gasteiger partial charge in [0.15, 0.2) is 0 Å². The number of carbonyl (C=O) groups excluding carboxylic acids is 1. The molecule has 1 amide bonds. The van der Waals surface area contributed by atoms with Gasteiger partial charge in [-0.2, -0.15) is 0 Å². The third-order valence-electron chi connectivity index (χ3n) is 4.88. The Balaban J connectivity index is 1.82. The average Bonchev–Trinajstić information content (AvgIpc) is 3.10. The highest BCUT2D eigenvalue weighted by molar-refractivity contribution is 5.93. The molecule has 0 aliphatic carbocycles. The second-order valence-corrected chi connectivity index (χ2v) is 6.60.